The van der Waals surface area contributed by atoms with E-state index in [1.165, 1.54) is 0 Å². The highest BCUT2D eigenvalue weighted by molar-refractivity contribution is 7.80. The fraction of sp³-hybridized carbons (Fsp3) is 0.111. The third kappa shape index (κ3) is 4.68. The highest BCUT2D eigenvalue weighted by Gasteiger charge is 2.06. The third-order valence-electron chi connectivity index (χ3n) is 3.74. The molecule has 1 heterocycles. The Morgan fingerprint density at radius 1 is 1.08 bits per heavy atom. The van der Waals surface area contributed by atoms with Gasteiger partial charge in [0.25, 0.3) is 0 Å². The van der Waals surface area contributed by atoms with Crippen LogP contribution >= 0.6 is 47.0 Å². The van der Waals surface area contributed by atoms with Crippen LogP contribution in [0.1, 0.15) is 11.1 Å². The molecule has 0 unspecified atom stereocenters. The fourth-order valence-corrected chi connectivity index (χ4v) is 3.09. The Labute approximate surface area is 172 Å². The lowest BCUT2D eigenvalue weighted by Gasteiger charge is -2.12. The van der Waals surface area contributed by atoms with Crippen molar-refractivity contribution in [3.8, 4) is 0 Å². The molecule has 0 aliphatic rings. The van der Waals surface area contributed by atoms with Gasteiger partial charge in [0.2, 0.25) is 0 Å². The van der Waals surface area contributed by atoms with Crippen molar-refractivity contribution in [2.24, 2.45) is 0 Å². The van der Waals surface area contributed by atoms with Crippen LogP contribution < -0.4 is 10.6 Å². The molecule has 0 atom stereocenters. The van der Waals surface area contributed by atoms with E-state index in [1.807, 2.05) is 43.5 Å². The first-order chi connectivity index (χ1) is 12.4. The Bertz CT molecular complexity index is 955. The molecule has 8 heteroatoms. The summed E-state index contributed by atoms with van der Waals surface area (Å²) < 4.78 is 1.79. The topological polar surface area (TPSA) is 41.9 Å². The minimum absolute atomic E-state index is 0.462. The Hall–Kier alpha value is -1.79. The minimum Gasteiger partial charge on any atom is -0.332 e. The molecule has 4 nitrogen and oxygen atoms in total. The van der Waals surface area contributed by atoms with Gasteiger partial charge in [-0.25, -0.2) is 0 Å². The summed E-state index contributed by atoms with van der Waals surface area (Å²) in [5, 5.41) is 12.8. The summed E-state index contributed by atoms with van der Waals surface area (Å²) in [4.78, 5) is 0. The standard InChI is InChI=1S/C18H15Cl3N4S/c1-11-14(19)3-2-4-17(11)24-18(26)23-13-8-22-25(10-13)9-12-5-6-15(20)16(21)7-12/h2-8,10H,9H2,1H3,(H2,23,24,26). The zero-order chi connectivity index (χ0) is 18.7. The molecular weight excluding hydrogens is 411 g/mol. The van der Waals surface area contributed by atoms with Gasteiger partial charge in [-0.1, -0.05) is 46.9 Å². The van der Waals surface area contributed by atoms with Crippen molar-refractivity contribution in [2.45, 2.75) is 13.5 Å². The lowest BCUT2D eigenvalue weighted by atomic mass is 10.2. The number of nitrogens with zero attached hydrogens (tertiary/aromatic N) is 2. The van der Waals surface area contributed by atoms with Gasteiger partial charge in [0.05, 0.1) is 28.5 Å². The molecule has 26 heavy (non-hydrogen) atoms. The van der Waals surface area contributed by atoms with Crippen LogP contribution in [0.4, 0.5) is 11.4 Å². The van der Waals surface area contributed by atoms with Crippen molar-refractivity contribution in [3.05, 3.63) is 75.0 Å². The predicted molar refractivity (Wildman–Crippen MR) is 114 cm³/mol. The maximum absolute atomic E-state index is 6.12. The Balaban J connectivity index is 1.63. The van der Waals surface area contributed by atoms with Crippen LogP contribution in [0.15, 0.2) is 48.8 Å². The molecule has 0 radical (unpaired) electrons. The quantitative estimate of drug-likeness (QED) is 0.502. The first-order valence-corrected chi connectivity index (χ1v) is 9.26. The van der Waals surface area contributed by atoms with Crippen molar-refractivity contribution in [1.29, 1.82) is 0 Å². The normalized spacial score (nSPS) is 10.6. The van der Waals surface area contributed by atoms with Gasteiger partial charge in [0, 0.05) is 16.9 Å². The van der Waals surface area contributed by atoms with E-state index in [9.17, 15) is 0 Å². The molecule has 0 aliphatic heterocycles. The van der Waals surface area contributed by atoms with Crippen LogP contribution in [0, 0.1) is 6.92 Å². The van der Waals surface area contributed by atoms with Gasteiger partial charge in [0.1, 0.15) is 0 Å². The van der Waals surface area contributed by atoms with E-state index in [0.717, 1.165) is 22.5 Å². The summed E-state index contributed by atoms with van der Waals surface area (Å²) in [5.74, 6) is 0. The lowest BCUT2D eigenvalue weighted by Crippen LogP contribution is -2.19. The van der Waals surface area contributed by atoms with Gasteiger partial charge in [0.15, 0.2) is 5.11 Å². The van der Waals surface area contributed by atoms with Crippen molar-refractivity contribution in [1.82, 2.24) is 9.78 Å². The average Bonchev–Trinajstić information content (AvgIpc) is 3.02. The van der Waals surface area contributed by atoms with Gasteiger partial charge in [-0.2, -0.15) is 5.10 Å². The van der Waals surface area contributed by atoms with Crippen molar-refractivity contribution >= 4 is 63.5 Å². The number of anilines is 2. The fourth-order valence-electron chi connectivity index (χ4n) is 2.37. The molecule has 0 saturated heterocycles. The number of halogens is 3. The number of hydrogen-bond donors (Lipinski definition) is 2. The first kappa shape index (κ1) is 19.0. The summed E-state index contributed by atoms with van der Waals surface area (Å²) >= 11 is 23.5. The second-order valence-electron chi connectivity index (χ2n) is 5.67. The molecule has 0 fully saturated rings. The maximum atomic E-state index is 6.12. The molecule has 0 aliphatic carbocycles. The van der Waals surface area contributed by atoms with Crippen LogP contribution in [-0.2, 0) is 6.54 Å². The average molecular weight is 426 g/mol. The zero-order valence-electron chi connectivity index (χ0n) is 13.8. The Kier molecular flexibility index (Phi) is 6.04. The second-order valence-corrected chi connectivity index (χ2v) is 7.30. The number of benzene rings is 2. The van der Waals surface area contributed by atoms with Gasteiger partial charge < -0.3 is 10.6 Å². The summed E-state index contributed by atoms with van der Waals surface area (Å²) in [6, 6.07) is 11.1. The minimum atomic E-state index is 0.462. The summed E-state index contributed by atoms with van der Waals surface area (Å²) in [6.07, 6.45) is 3.57. The zero-order valence-corrected chi connectivity index (χ0v) is 16.8. The SMILES string of the molecule is Cc1c(Cl)cccc1NC(=S)Nc1cnn(Cc2ccc(Cl)c(Cl)c2)c1. The number of rotatable bonds is 4. The van der Waals surface area contributed by atoms with E-state index < -0.39 is 0 Å². The van der Waals surface area contributed by atoms with Crippen molar-refractivity contribution < 1.29 is 0 Å². The largest absolute Gasteiger partial charge is 0.332 e. The molecule has 2 N–H and O–H groups in total. The Morgan fingerprint density at radius 3 is 2.65 bits per heavy atom. The molecule has 3 rings (SSSR count). The predicted octanol–water partition coefficient (Wildman–Crippen LogP) is 6.01. The molecule has 0 bridgehead atoms. The van der Waals surface area contributed by atoms with Gasteiger partial charge in [-0.3, -0.25) is 4.68 Å². The Morgan fingerprint density at radius 2 is 1.88 bits per heavy atom. The van der Waals surface area contributed by atoms with E-state index in [0.29, 0.717) is 26.7 Å². The molecular formula is C18H15Cl3N4S. The van der Waals surface area contributed by atoms with Gasteiger partial charge in [-0.05, 0) is 54.5 Å². The first-order valence-electron chi connectivity index (χ1n) is 7.72. The molecule has 3 aromatic rings. The molecule has 0 spiro atoms. The van der Waals surface area contributed by atoms with Crippen molar-refractivity contribution in [3.63, 3.8) is 0 Å². The highest BCUT2D eigenvalue weighted by Crippen LogP contribution is 2.24. The van der Waals surface area contributed by atoms with Crippen LogP contribution in [-0.4, -0.2) is 14.9 Å². The number of thiocarbonyl (C=S) groups is 1. The lowest BCUT2D eigenvalue weighted by molar-refractivity contribution is 0.687. The molecule has 0 amide bonds. The van der Waals surface area contributed by atoms with E-state index in [1.54, 1.807) is 16.9 Å². The summed E-state index contributed by atoms with van der Waals surface area (Å²) in [6.45, 7) is 2.51. The van der Waals surface area contributed by atoms with E-state index in [4.69, 9.17) is 47.0 Å². The van der Waals surface area contributed by atoms with Crippen LogP contribution in [0.25, 0.3) is 0 Å². The summed E-state index contributed by atoms with van der Waals surface area (Å²) in [5.41, 5.74) is 3.58. The highest BCUT2D eigenvalue weighted by atomic mass is 35.5. The van der Waals surface area contributed by atoms with E-state index >= 15 is 0 Å². The third-order valence-corrected chi connectivity index (χ3v) is 5.09. The smallest absolute Gasteiger partial charge is 0.175 e. The summed E-state index contributed by atoms with van der Waals surface area (Å²) in [7, 11) is 0. The van der Waals surface area contributed by atoms with E-state index in [2.05, 4.69) is 15.7 Å². The van der Waals surface area contributed by atoms with Crippen LogP contribution in [0.5, 0.6) is 0 Å². The molecule has 1 aromatic heterocycles. The monoisotopic (exact) mass is 424 g/mol. The van der Waals surface area contributed by atoms with Crippen LogP contribution in [0.2, 0.25) is 15.1 Å². The van der Waals surface area contributed by atoms with Gasteiger partial charge in [-0.15, -0.1) is 0 Å². The second kappa shape index (κ2) is 8.27. The van der Waals surface area contributed by atoms with Gasteiger partial charge >= 0.3 is 0 Å². The molecule has 0 saturated carbocycles. The number of nitrogens with one attached hydrogen (secondary N) is 2. The molecule has 134 valence electrons. The maximum Gasteiger partial charge on any atom is 0.175 e. The van der Waals surface area contributed by atoms with E-state index in [-0.39, 0.29) is 0 Å². The molecule has 2 aromatic carbocycles. The van der Waals surface area contributed by atoms with Crippen LogP contribution in [0.3, 0.4) is 0 Å². The number of aromatic nitrogens is 2. The number of hydrogen-bond acceptors (Lipinski definition) is 2. The van der Waals surface area contributed by atoms with Crippen molar-refractivity contribution in [2.75, 3.05) is 10.6 Å².